The monoisotopic (exact) mass is 174 g/mol. The summed E-state index contributed by atoms with van der Waals surface area (Å²) in [5, 5.41) is 2.40. The van der Waals surface area contributed by atoms with Gasteiger partial charge >= 0.3 is 0 Å². The molecule has 0 saturated heterocycles. The van der Waals surface area contributed by atoms with E-state index in [1.807, 2.05) is 0 Å². The molecule has 0 spiro atoms. The van der Waals surface area contributed by atoms with E-state index in [4.69, 9.17) is 10.5 Å². The third kappa shape index (κ3) is 5.82. The molecule has 1 amide bonds. The van der Waals surface area contributed by atoms with Crippen LogP contribution in [0, 0.1) is 0 Å². The molecule has 0 fully saturated rings. The molecule has 3 N–H and O–H groups in total. The lowest BCUT2D eigenvalue weighted by atomic mass is 10.3. The number of nitrogens with one attached hydrogen (secondary N) is 1. The second-order valence-corrected chi connectivity index (χ2v) is 2.52. The number of rotatable bonds is 5. The van der Waals surface area contributed by atoms with Crippen LogP contribution >= 0.6 is 0 Å². The molecule has 0 aliphatic rings. The molecular weight excluding hydrogens is 160 g/mol. The largest absolute Gasteiger partial charge is 0.354 e. The van der Waals surface area contributed by atoms with Gasteiger partial charge in [-0.2, -0.15) is 0 Å². The van der Waals surface area contributed by atoms with Crippen molar-refractivity contribution in [2.75, 3.05) is 13.3 Å². The van der Waals surface area contributed by atoms with Crippen molar-refractivity contribution in [1.29, 1.82) is 0 Å². The van der Waals surface area contributed by atoms with Gasteiger partial charge in [0.1, 0.15) is 13.3 Å². The molecule has 0 aromatic rings. The lowest BCUT2D eigenvalue weighted by molar-refractivity contribution is -0.127. The fourth-order valence-corrected chi connectivity index (χ4v) is 0.478. The number of amides is 1. The topological polar surface area (TPSA) is 81.4 Å². The molecule has 0 saturated carbocycles. The van der Waals surface area contributed by atoms with Gasteiger partial charge < -0.3 is 15.8 Å². The van der Waals surface area contributed by atoms with E-state index in [-0.39, 0.29) is 25.0 Å². The van der Waals surface area contributed by atoms with Gasteiger partial charge in [0.05, 0.1) is 6.04 Å². The van der Waals surface area contributed by atoms with Crippen LogP contribution in [0.25, 0.3) is 0 Å². The van der Waals surface area contributed by atoms with Crippen LogP contribution in [0.3, 0.4) is 0 Å². The van der Waals surface area contributed by atoms with E-state index in [0.29, 0.717) is 0 Å². The van der Waals surface area contributed by atoms with Crippen LogP contribution in [0.4, 0.5) is 0 Å². The number of hydrogen-bond acceptors (Lipinski definition) is 4. The summed E-state index contributed by atoms with van der Waals surface area (Å²) in [7, 11) is 0. The van der Waals surface area contributed by atoms with Gasteiger partial charge in [-0.1, -0.05) is 0 Å². The predicted molar refractivity (Wildman–Crippen MR) is 43.3 cm³/mol. The first-order valence-electron chi connectivity index (χ1n) is 3.64. The first-order valence-corrected chi connectivity index (χ1v) is 3.64. The molecule has 12 heavy (non-hydrogen) atoms. The SMILES string of the molecule is CC(=O)COCNC(=O)[C@H](C)N. The molecule has 0 radical (unpaired) electrons. The Morgan fingerprint density at radius 1 is 1.58 bits per heavy atom. The highest BCUT2D eigenvalue weighted by molar-refractivity contribution is 5.80. The van der Waals surface area contributed by atoms with E-state index in [1.54, 1.807) is 6.92 Å². The first kappa shape index (κ1) is 11.1. The Labute approximate surface area is 71.3 Å². The van der Waals surface area contributed by atoms with E-state index >= 15 is 0 Å². The fourth-order valence-electron chi connectivity index (χ4n) is 0.478. The minimum Gasteiger partial charge on any atom is -0.354 e. The zero-order valence-electron chi connectivity index (χ0n) is 7.29. The summed E-state index contributed by atoms with van der Waals surface area (Å²) in [4.78, 5) is 21.1. The molecule has 0 aliphatic carbocycles. The van der Waals surface area contributed by atoms with Crippen LogP contribution < -0.4 is 11.1 Å². The van der Waals surface area contributed by atoms with Crippen LogP contribution in [0.1, 0.15) is 13.8 Å². The molecule has 5 heteroatoms. The summed E-state index contributed by atoms with van der Waals surface area (Å²) in [6.07, 6.45) is 0. The summed E-state index contributed by atoms with van der Waals surface area (Å²) in [6.45, 7) is 3.02. The van der Waals surface area contributed by atoms with Crippen LogP contribution in [-0.2, 0) is 14.3 Å². The molecule has 0 aromatic carbocycles. The number of hydrogen-bond donors (Lipinski definition) is 2. The molecular formula is C7H14N2O3. The summed E-state index contributed by atoms with van der Waals surface area (Å²) >= 11 is 0. The van der Waals surface area contributed by atoms with E-state index in [1.165, 1.54) is 6.92 Å². The van der Waals surface area contributed by atoms with E-state index in [0.717, 1.165) is 0 Å². The van der Waals surface area contributed by atoms with Gasteiger partial charge in [0.25, 0.3) is 0 Å². The third-order valence-electron chi connectivity index (χ3n) is 1.07. The Balaban J connectivity index is 3.32. The number of carbonyl (C=O) groups excluding carboxylic acids is 2. The van der Waals surface area contributed by atoms with Crippen LogP contribution in [-0.4, -0.2) is 31.1 Å². The van der Waals surface area contributed by atoms with Crippen LogP contribution in [0.2, 0.25) is 0 Å². The normalized spacial score (nSPS) is 12.2. The standard InChI is InChI=1S/C7H14N2O3/c1-5(10)3-12-4-9-7(11)6(2)8/h6H,3-4,8H2,1-2H3,(H,9,11)/t6-/m0/s1. The van der Waals surface area contributed by atoms with Crippen molar-refractivity contribution in [3.8, 4) is 0 Å². The van der Waals surface area contributed by atoms with Gasteiger partial charge in [0, 0.05) is 0 Å². The molecule has 70 valence electrons. The van der Waals surface area contributed by atoms with E-state index in [2.05, 4.69) is 5.32 Å². The minimum atomic E-state index is -0.550. The molecule has 0 aliphatic heterocycles. The molecule has 0 aromatic heterocycles. The zero-order valence-corrected chi connectivity index (χ0v) is 7.29. The highest BCUT2D eigenvalue weighted by Gasteiger charge is 2.05. The molecule has 0 heterocycles. The minimum absolute atomic E-state index is 0.0131. The van der Waals surface area contributed by atoms with Crippen molar-refractivity contribution in [1.82, 2.24) is 5.32 Å². The van der Waals surface area contributed by atoms with Gasteiger partial charge in [0.2, 0.25) is 5.91 Å². The van der Waals surface area contributed by atoms with E-state index < -0.39 is 6.04 Å². The summed E-state index contributed by atoms with van der Waals surface area (Å²) in [6, 6.07) is -0.550. The number of Topliss-reactive ketones (excluding diaryl/α,β-unsaturated/α-hetero) is 1. The molecule has 5 nitrogen and oxygen atoms in total. The lowest BCUT2D eigenvalue weighted by Crippen LogP contribution is -2.39. The average molecular weight is 174 g/mol. The molecule has 0 unspecified atom stereocenters. The van der Waals surface area contributed by atoms with Crippen LogP contribution in [0.15, 0.2) is 0 Å². The fraction of sp³-hybridized carbons (Fsp3) is 0.714. The second kappa shape index (κ2) is 5.68. The Morgan fingerprint density at radius 2 is 2.17 bits per heavy atom. The number of ketones is 1. The smallest absolute Gasteiger partial charge is 0.238 e. The summed E-state index contributed by atoms with van der Waals surface area (Å²) in [5.74, 6) is -0.372. The average Bonchev–Trinajstić information content (AvgIpc) is 1.97. The van der Waals surface area contributed by atoms with E-state index in [9.17, 15) is 9.59 Å². The molecule has 1 atom stereocenters. The highest BCUT2D eigenvalue weighted by atomic mass is 16.5. The summed E-state index contributed by atoms with van der Waals surface area (Å²) < 4.78 is 4.78. The number of carbonyl (C=O) groups is 2. The zero-order chi connectivity index (χ0) is 9.56. The van der Waals surface area contributed by atoms with Gasteiger partial charge in [-0.25, -0.2) is 0 Å². The highest BCUT2D eigenvalue weighted by Crippen LogP contribution is 1.77. The van der Waals surface area contributed by atoms with Crippen molar-refractivity contribution in [3.05, 3.63) is 0 Å². The first-order chi connectivity index (χ1) is 5.54. The Morgan fingerprint density at radius 3 is 2.58 bits per heavy atom. The van der Waals surface area contributed by atoms with Crippen molar-refractivity contribution in [2.45, 2.75) is 19.9 Å². The van der Waals surface area contributed by atoms with Crippen molar-refractivity contribution in [2.24, 2.45) is 5.73 Å². The van der Waals surface area contributed by atoms with Crippen molar-refractivity contribution < 1.29 is 14.3 Å². The molecule has 0 bridgehead atoms. The van der Waals surface area contributed by atoms with Gasteiger partial charge in [-0.3, -0.25) is 9.59 Å². The van der Waals surface area contributed by atoms with Gasteiger partial charge in [-0.05, 0) is 13.8 Å². The maximum absolute atomic E-state index is 10.8. The third-order valence-corrected chi connectivity index (χ3v) is 1.07. The number of nitrogens with two attached hydrogens (primary N) is 1. The Hall–Kier alpha value is -0.940. The maximum Gasteiger partial charge on any atom is 0.238 e. The Bertz CT molecular complexity index is 168. The van der Waals surface area contributed by atoms with Crippen molar-refractivity contribution in [3.63, 3.8) is 0 Å². The van der Waals surface area contributed by atoms with Gasteiger partial charge in [0.15, 0.2) is 5.78 Å². The summed E-state index contributed by atoms with van der Waals surface area (Å²) in [5.41, 5.74) is 5.24. The predicted octanol–water partition coefficient (Wildman–Crippen LogP) is -0.987. The number of ether oxygens (including phenoxy) is 1. The van der Waals surface area contributed by atoms with Crippen LogP contribution in [0.5, 0.6) is 0 Å². The maximum atomic E-state index is 10.8. The quantitative estimate of drug-likeness (QED) is 0.414. The lowest BCUT2D eigenvalue weighted by Gasteiger charge is -2.06. The molecule has 0 rings (SSSR count). The van der Waals surface area contributed by atoms with Gasteiger partial charge in [-0.15, -0.1) is 0 Å². The van der Waals surface area contributed by atoms with Crippen molar-refractivity contribution >= 4 is 11.7 Å². The Kier molecular flexibility index (Phi) is 5.23. The second-order valence-electron chi connectivity index (χ2n) is 2.52.